The van der Waals surface area contributed by atoms with Crippen LogP contribution in [0.1, 0.15) is 16.7 Å². The van der Waals surface area contributed by atoms with Gasteiger partial charge >= 0.3 is 0 Å². The fourth-order valence-corrected chi connectivity index (χ4v) is 5.47. The second-order valence-electron chi connectivity index (χ2n) is 11.6. The summed E-state index contributed by atoms with van der Waals surface area (Å²) in [6.45, 7) is 7.41. The molecule has 0 radical (unpaired) electrons. The third-order valence-corrected chi connectivity index (χ3v) is 8.03. The number of benzene rings is 4. The van der Waals surface area contributed by atoms with Crippen molar-refractivity contribution in [3.05, 3.63) is 114 Å². The maximum atomic E-state index is 6.03. The maximum absolute atomic E-state index is 6.03. The van der Waals surface area contributed by atoms with Gasteiger partial charge < -0.3 is 33.8 Å². The van der Waals surface area contributed by atoms with E-state index in [2.05, 4.69) is 99.4 Å². The van der Waals surface area contributed by atoms with Crippen molar-refractivity contribution in [2.45, 2.75) is 19.7 Å². The second kappa shape index (κ2) is 15.5. The monoisotopic (exact) mass is 594 g/mol. The minimum atomic E-state index is 0.502. The zero-order chi connectivity index (χ0) is 30.7. The van der Waals surface area contributed by atoms with E-state index in [9.17, 15) is 0 Å². The Morgan fingerprint density at radius 2 is 1.32 bits per heavy atom. The van der Waals surface area contributed by atoms with Crippen molar-refractivity contribution >= 4 is 17.1 Å². The zero-order valence-electron chi connectivity index (χ0n) is 26.6. The van der Waals surface area contributed by atoms with Crippen molar-refractivity contribution in [3.63, 3.8) is 0 Å². The summed E-state index contributed by atoms with van der Waals surface area (Å²) in [4.78, 5) is 9.39. The molecule has 7 nitrogen and oxygen atoms in total. The van der Waals surface area contributed by atoms with E-state index in [4.69, 9.17) is 14.2 Å². The summed E-state index contributed by atoms with van der Waals surface area (Å²) in [6.07, 6.45) is 0. The van der Waals surface area contributed by atoms with E-state index in [-0.39, 0.29) is 0 Å². The van der Waals surface area contributed by atoms with Crippen molar-refractivity contribution in [1.82, 2.24) is 4.90 Å². The van der Waals surface area contributed by atoms with Crippen LogP contribution in [0, 0.1) is 0 Å². The molecule has 44 heavy (non-hydrogen) atoms. The number of nitrogens with zero attached hydrogens (tertiary/aromatic N) is 4. The average molecular weight is 595 g/mol. The van der Waals surface area contributed by atoms with Gasteiger partial charge in [-0.25, -0.2) is 0 Å². The first-order valence-electron chi connectivity index (χ1n) is 15.4. The molecule has 0 unspecified atom stereocenters. The lowest BCUT2D eigenvalue weighted by molar-refractivity contribution is 0.0889. The van der Waals surface area contributed by atoms with Gasteiger partial charge in [0.1, 0.15) is 18.1 Å². The quantitative estimate of drug-likeness (QED) is 0.158. The number of anilines is 3. The lowest BCUT2D eigenvalue weighted by atomic mass is 10.1. The molecule has 1 saturated heterocycles. The number of methoxy groups -OCH3 is 1. The minimum absolute atomic E-state index is 0.502. The molecule has 0 N–H and O–H groups in total. The van der Waals surface area contributed by atoms with Gasteiger partial charge in [0.05, 0.1) is 20.3 Å². The van der Waals surface area contributed by atoms with Crippen LogP contribution >= 0.6 is 0 Å². The second-order valence-corrected chi connectivity index (χ2v) is 11.6. The molecule has 0 spiro atoms. The van der Waals surface area contributed by atoms with Crippen molar-refractivity contribution in [2.75, 3.05) is 82.3 Å². The average Bonchev–Trinajstić information content (AvgIpc) is 3.05. The van der Waals surface area contributed by atoms with E-state index in [0.29, 0.717) is 19.8 Å². The lowest BCUT2D eigenvalue weighted by Gasteiger charge is -2.34. The Hall–Kier alpha value is -4.20. The molecule has 0 amide bonds. The van der Waals surface area contributed by atoms with E-state index >= 15 is 0 Å². The molecule has 0 saturated carbocycles. The molecule has 0 atom stereocenters. The van der Waals surface area contributed by atoms with Gasteiger partial charge in [-0.15, -0.1) is 0 Å². The molecule has 1 heterocycles. The number of hydrogen-bond acceptors (Lipinski definition) is 7. The van der Waals surface area contributed by atoms with Gasteiger partial charge in [-0.3, -0.25) is 0 Å². The molecule has 7 heteroatoms. The Bertz CT molecular complexity index is 1470. The van der Waals surface area contributed by atoms with Crippen LogP contribution in [0.15, 0.2) is 97.1 Å². The molecular weight excluding hydrogens is 548 g/mol. The van der Waals surface area contributed by atoms with E-state index in [1.807, 2.05) is 38.4 Å². The molecule has 0 aromatic heterocycles. The van der Waals surface area contributed by atoms with Gasteiger partial charge in [0.25, 0.3) is 0 Å². The van der Waals surface area contributed by atoms with E-state index in [1.165, 1.54) is 16.8 Å². The topological polar surface area (TPSA) is 40.7 Å². The standard InChI is InChI=1S/C37H46N4O3/c1-38(2)33-12-8-16-37(26-33)44-22-21-43-29-32-11-6-14-35(24-32)41(28-31-10-7-15-36(25-31)42-4)27-30-9-5-13-34(23-30)40-19-17-39(3)18-20-40/h5-16,23-26H,17-22,27-29H2,1-4H3. The maximum Gasteiger partial charge on any atom is 0.121 e. The van der Waals surface area contributed by atoms with Crippen LogP contribution in [-0.2, 0) is 24.4 Å². The van der Waals surface area contributed by atoms with Gasteiger partial charge in [-0.05, 0) is 72.3 Å². The first-order valence-corrected chi connectivity index (χ1v) is 15.4. The van der Waals surface area contributed by atoms with Crippen molar-refractivity contribution in [3.8, 4) is 11.5 Å². The summed E-state index contributed by atoms with van der Waals surface area (Å²) < 4.78 is 17.5. The van der Waals surface area contributed by atoms with Crippen LogP contribution in [0.25, 0.3) is 0 Å². The Morgan fingerprint density at radius 3 is 2.09 bits per heavy atom. The predicted molar refractivity (Wildman–Crippen MR) is 181 cm³/mol. The van der Waals surface area contributed by atoms with Gasteiger partial charge in [-0.1, -0.05) is 42.5 Å². The van der Waals surface area contributed by atoms with E-state index in [0.717, 1.165) is 67.7 Å². The Labute approximate surface area is 263 Å². The van der Waals surface area contributed by atoms with Crippen molar-refractivity contribution in [2.24, 2.45) is 0 Å². The van der Waals surface area contributed by atoms with Gasteiger partial charge in [-0.2, -0.15) is 0 Å². The van der Waals surface area contributed by atoms with Crippen LogP contribution in [0.5, 0.6) is 11.5 Å². The SMILES string of the molecule is COc1cccc(CN(Cc2cccc(N3CCN(C)CC3)c2)c2cccc(COCCOc3cccc(N(C)C)c3)c2)c1. The van der Waals surface area contributed by atoms with Gasteiger partial charge in [0.15, 0.2) is 0 Å². The highest BCUT2D eigenvalue weighted by Crippen LogP contribution is 2.26. The molecule has 1 aliphatic heterocycles. The molecule has 0 bridgehead atoms. The normalized spacial score (nSPS) is 13.5. The smallest absolute Gasteiger partial charge is 0.121 e. The van der Waals surface area contributed by atoms with Crippen molar-refractivity contribution in [1.29, 1.82) is 0 Å². The largest absolute Gasteiger partial charge is 0.497 e. The van der Waals surface area contributed by atoms with E-state index < -0.39 is 0 Å². The fourth-order valence-electron chi connectivity index (χ4n) is 5.47. The highest BCUT2D eigenvalue weighted by atomic mass is 16.5. The molecular formula is C37H46N4O3. The Balaban J connectivity index is 1.25. The van der Waals surface area contributed by atoms with E-state index in [1.54, 1.807) is 7.11 Å². The molecule has 1 aliphatic rings. The first-order chi connectivity index (χ1) is 21.5. The Kier molecular flexibility index (Phi) is 11.0. The molecule has 4 aromatic carbocycles. The number of rotatable bonds is 14. The van der Waals surface area contributed by atoms with Crippen LogP contribution in [0.2, 0.25) is 0 Å². The highest BCUT2D eigenvalue weighted by Gasteiger charge is 2.16. The fraction of sp³-hybridized carbons (Fsp3) is 0.351. The zero-order valence-corrected chi connectivity index (χ0v) is 26.6. The summed E-state index contributed by atoms with van der Waals surface area (Å²) in [5.74, 6) is 1.73. The summed E-state index contributed by atoms with van der Waals surface area (Å²) >= 11 is 0. The number of ether oxygens (including phenoxy) is 3. The Morgan fingerprint density at radius 1 is 0.659 bits per heavy atom. The number of piperazine rings is 1. The summed E-state index contributed by atoms with van der Waals surface area (Å²) in [7, 11) is 7.97. The van der Waals surface area contributed by atoms with Crippen molar-refractivity contribution < 1.29 is 14.2 Å². The highest BCUT2D eigenvalue weighted by molar-refractivity contribution is 5.53. The van der Waals surface area contributed by atoms with Gasteiger partial charge in [0.2, 0.25) is 0 Å². The van der Waals surface area contributed by atoms with Crippen LogP contribution in [-0.4, -0.2) is 72.5 Å². The van der Waals surface area contributed by atoms with Gasteiger partial charge in [0, 0.05) is 76.5 Å². The summed E-state index contributed by atoms with van der Waals surface area (Å²) in [5, 5.41) is 0. The first kappa shape index (κ1) is 31.2. The van der Waals surface area contributed by atoms with Crippen LogP contribution in [0.3, 0.4) is 0 Å². The van der Waals surface area contributed by atoms with Crippen LogP contribution < -0.4 is 24.2 Å². The third-order valence-electron chi connectivity index (χ3n) is 8.03. The molecule has 1 fully saturated rings. The molecule has 232 valence electrons. The number of hydrogen-bond donors (Lipinski definition) is 0. The third kappa shape index (κ3) is 8.91. The lowest BCUT2D eigenvalue weighted by Crippen LogP contribution is -2.44. The minimum Gasteiger partial charge on any atom is -0.497 e. The van der Waals surface area contributed by atoms with Crippen LogP contribution in [0.4, 0.5) is 17.1 Å². The molecule has 5 rings (SSSR count). The molecule has 4 aromatic rings. The predicted octanol–water partition coefficient (Wildman–Crippen LogP) is 6.32. The summed E-state index contributed by atoms with van der Waals surface area (Å²) in [6, 6.07) is 34.1. The summed E-state index contributed by atoms with van der Waals surface area (Å²) in [5.41, 5.74) is 7.22. The number of likely N-dealkylation sites (N-methyl/N-ethyl adjacent to an activating group) is 1. The molecule has 0 aliphatic carbocycles.